The fourth-order valence-corrected chi connectivity index (χ4v) is 7.00. The van der Waals surface area contributed by atoms with Crippen molar-refractivity contribution in [2.75, 3.05) is 13.1 Å². The lowest BCUT2D eigenvalue weighted by atomic mass is 9.82. The maximum absolute atomic E-state index is 14.3. The first-order valence-corrected chi connectivity index (χ1v) is 18.0. The van der Waals surface area contributed by atoms with Crippen LogP contribution in [0.2, 0.25) is 0 Å². The van der Waals surface area contributed by atoms with Crippen molar-refractivity contribution in [2.45, 2.75) is 123 Å². The van der Waals surface area contributed by atoms with E-state index in [-0.39, 0.29) is 47.8 Å². The first-order valence-electron chi connectivity index (χ1n) is 18.0. The second kappa shape index (κ2) is 16.7. The van der Waals surface area contributed by atoms with Crippen molar-refractivity contribution in [1.82, 2.24) is 36.1 Å². The molecule has 5 atom stereocenters. The second-order valence-electron chi connectivity index (χ2n) is 15.5. The van der Waals surface area contributed by atoms with E-state index in [1.807, 2.05) is 41.5 Å². The highest BCUT2D eigenvalue weighted by atomic mass is 16.2. The molecule has 2 saturated carbocycles. The molecule has 0 spiro atoms. The Labute approximate surface area is 289 Å². The molecule has 3 fully saturated rings. The molecule has 1 aliphatic heterocycles. The van der Waals surface area contributed by atoms with Crippen molar-refractivity contribution in [3.63, 3.8) is 0 Å². The maximum atomic E-state index is 14.3. The van der Waals surface area contributed by atoms with E-state index >= 15 is 0 Å². The molecule has 0 aromatic carbocycles. The number of rotatable bonds is 14. The molecule has 13 nitrogen and oxygen atoms in total. The lowest BCUT2D eigenvalue weighted by Crippen LogP contribution is -2.60. The average molecular weight is 682 g/mol. The summed E-state index contributed by atoms with van der Waals surface area (Å²) >= 11 is 0. The van der Waals surface area contributed by atoms with Gasteiger partial charge in [0.2, 0.25) is 23.5 Å². The van der Waals surface area contributed by atoms with Crippen LogP contribution in [0.15, 0.2) is 18.6 Å². The number of Topliss-reactive ketones (excluding diaryl/α,β-unsaturated/α-hetero) is 1. The third-order valence-electron chi connectivity index (χ3n) is 10.1. The van der Waals surface area contributed by atoms with Gasteiger partial charge in [0.1, 0.15) is 17.8 Å². The predicted molar refractivity (Wildman–Crippen MR) is 183 cm³/mol. The van der Waals surface area contributed by atoms with Crippen molar-refractivity contribution < 1.29 is 28.8 Å². The molecule has 49 heavy (non-hydrogen) atoms. The van der Waals surface area contributed by atoms with Crippen LogP contribution in [0.1, 0.15) is 110 Å². The van der Waals surface area contributed by atoms with Crippen LogP contribution in [0, 0.1) is 29.1 Å². The Hall–Kier alpha value is -3.90. The Morgan fingerprint density at radius 3 is 2.18 bits per heavy atom. The monoisotopic (exact) mass is 681 g/mol. The molecular formula is C36H55N7O6. The summed E-state index contributed by atoms with van der Waals surface area (Å²) in [5.41, 5.74) is -0.591. The van der Waals surface area contributed by atoms with Gasteiger partial charge < -0.3 is 26.2 Å². The van der Waals surface area contributed by atoms with Gasteiger partial charge in [-0.05, 0) is 55.3 Å². The van der Waals surface area contributed by atoms with Gasteiger partial charge in [-0.2, -0.15) is 0 Å². The molecule has 3 aliphatic rings. The minimum absolute atomic E-state index is 0.0257. The first kappa shape index (κ1) is 37.9. The van der Waals surface area contributed by atoms with Gasteiger partial charge >= 0.3 is 0 Å². The summed E-state index contributed by atoms with van der Waals surface area (Å²) in [4.78, 5) is 90.4. The van der Waals surface area contributed by atoms with E-state index in [0.29, 0.717) is 19.4 Å². The summed E-state index contributed by atoms with van der Waals surface area (Å²) in [6.45, 7) is 11.9. The highest BCUT2D eigenvalue weighted by Gasteiger charge is 2.46. The number of nitrogens with one attached hydrogen (secondary N) is 4. The summed E-state index contributed by atoms with van der Waals surface area (Å²) in [6, 6.07) is -2.71. The van der Waals surface area contributed by atoms with E-state index in [0.717, 1.165) is 44.9 Å². The minimum Gasteiger partial charge on any atom is -0.347 e. The number of nitrogens with zero attached hydrogens (tertiary/aromatic N) is 3. The van der Waals surface area contributed by atoms with Crippen molar-refractivity contribution in [2.24, 2.45) is 29.1 Å². The van der Waals surface area contributed by atoms with Gasteiger partial charge in [0, 0.05) is 31.5 Å². The van der Waals surface area contributed by atoms with Crippen LogP contribution in [0.5, 0.6) is 0 Å². The highest BCUT2D eigenvalue weighted by molar-refractivity contribution is 6.38. The van der Waals surface area contributed by atoms with Crippen LogP contribution in [-0.4, -0.2) is 87.4 Å². The number of aromatic nitrogens is 2. The van der Waals surface area contributed by atoms with Gasteiger partial charge in [0.05, 0.1) is 18.2 Å². The smallest absolute Gasteiger partial charge is 0.289 e. The fraction of sp³-hybridized carbons (Fsp3) is 0.722. The number of hydrogen-bond acceptors (Lipinski definition) is 8. The lowest BCUT2D eigenvalue weighted by Gasteiger charge is -2.36. The molecule has 2 heterocycles. The topological polar surface area (TPSA) is 180 Å². The lowest BCUT2D eigenvalue weighted by molar-refractivity contribution is -0.141. The summed E-state index contributed by atoms with van der Waals surface area (Å²) in [5, 5.41) is 11.5. The van der Waals surface area contributed by atoms with Crippen LogP contribution in [-0.2, 0) is 24.0 Å². The first-order chi connectivity index (χ1) is 23.2. The molecule has 270 valence electrons. The molecule has 13 heteroatoms. The van der Waals surface area contributed by atoms with Crippen LogP contribution in [0.25, 0.3) is 0 Å². The van der Waals surface area contributed by atoms with Gasteiger partial charge in [-0.15, -0.1) is 0 Å². The highest BCUT2D eigenvalue weighted by Crippen LogP contribution is 2.33. The van der Waals surface area contributed by atoms with E-state index in [1.165, 1.54) is 18.6 Å². The quantitative estimate of drug-likeness (QED) is 0.216. The Balaban J connectivity index is 1.49. The van der Waals surface area contributed by atoms with Crippen molar-refractivity contribution >= 4 is 35.3 Å². The van der Waals surface area contributed by atoms with E-state index < -0.39 is 53.0 Å². The largest absolute Gasteiger partial charge is 0.347 e. The number of hydrogen-bond donors (Lipinski definition) is 4. The minimum atomic E-state index is -0.941. The third-order valence-corrected chi connectivity index (χ3v) is 10.1. The zero-order valence-electron chi connectivity index (χ0n) is 29.9. The molecule has 0 bridgehead atoms. The van der Waals surface area contributed by atoms with E-state index in [4.69, 9.17) is 0 Å². The zero-order chi connectivity index (χ0) is 35.9. The van der Waals surface area contributed by atoms with E-state index in [9.17, 15) is 28.8 Å². The van der Waals surface area contributed by atoms with Crippen LogP contribution >= 0.6 is 0 Å². The summed E-state index contributed by atoms with van der Waals surface area (Å²) in [6.07, 6.45) is 11.4. The molecule has 5 amide bonds. The van der Waals surface area contributed by atoms with Crippen LogP contribution < -0.4 is 21.3 Å². The molecule has 4 N–H and O–H groups in total. The fourth-order valence-electron chi connectivity index (χ4n) is 7.00. The number of carbonyl (C=O) groups is 6. The normalized spacial score (nSPS) is 21.7. The van der Waals surface area contributed by atoms with E-state index in [2.05, 4.69) is 31.2 Å². The van der Waals surface area contributed by atoms with Gasteiger partial charge in [-0.3, -0.25) is 33.8 Å². The molecule has 2 unspecified atom stereocenters. The van der Waals surface area contributed by atoms with Gasteiger partial charge in [0.25, 0.3) is 11.8 Å². The van der Waals surface area contributed by atoms with Gasteiger partial charge in [0.15, 0.2) is 0 Å². The predicted octanol–water partition coefficient (Wildman–Crippen LogP) is 2.55. The Kier molecular flexibility index (Phi) is 12.9. The number of likely N-dealkylation sites (tertiary alicyclic amines) is 1. The summed E-state index contributed by atoms with van der Waals surface area (Å²) in [5.74, 6) is -3.78. The summed E-state index contributed by atoms with van der Waals surface area (Å²) < 4.78 is 0. The number of carbonyl (C=O) groups excluding carboxylic acids is 6. The van der Waals surface area contributed by atoms with Crippen molar-refractivity contribution in [3.8, 4) is 0 Å². The molecule has 4 rings (SSSR count). The Bertz CT molecular complexity index is 1350. The Morgan fingerprint density at radius 2 is 1.61 bits per heavy atom. The molecule has 2 aliphatic carbocycles. The second-order valence-corrected chi connectivity index (χ2v) is 15.5. The van der Waals surface area contributed by atoms with Crippen molar-refractivity contribution in [3.05, 3.63) is 24.3 Å². The van der Waals surface area contributed by atoms with Crippen molar-refractivity contribution in [1.29, 1.82) is 0 Å². The van der Waals surface area contributed by atoms with Crippen LogP contribution in [0.4, 0.5) is 0 Å². The molecule has 0 radical (unpaired) electrons. The average Bonchev–Trinajstić information content (AvgIpc) is 3.77. The molecule has 1 aromatic heterocycles. The number of ketones is 1. The van der Waals surface area contributed by atoms with Gasteiger partial charge in [-0.25, -0.2) is 4.98 Å². The molecule has 1 saturated heterocycles. The maximum Gasteiger partial charge on any atom is 0.289 e. The van der Waals surface area contributed by atoms with E-state index in [1.54, 1.807) is 4.90 Å². The Morgan fingerprint density at radius 1 is 0.918 bits per heavy atom. The standard InChI is InChI=1S/C36H55N7O6/c1-7-11-26(29(44)34(48)39-23-14-15-23)40-31(45)25-20-43(19-24(25)21(2)3)35(49)30(36(4,5)6)42-33(47)28(22-12-9-8-10-13-22)41-32(46)27-18-37-16-17-38-27/h16-18,21-26,28,30H,7-15,19-20H2,1-6H3,(H,39,48)(H,40,45)(H,41,46)(H,42,47)/t24?,25?,26-,28+,30-/m0/s1. The van der Waals surface area contributed by atoms with Crippen LogP contribution in [0.3, 0.4) is 0 Å². The third kappa shape index (κ3) is 10.1. The molecular weight excluding hydrogens is 626 g/mol. The van der Waals surface area contributed by atoms with Gasteiger partial charge in [-0.1, -0.05) is 67.2 Å². The molecule has 1 aromatic rings. The zero-order valence-corrected chi connectivity index (χ0v) is 29.9. The summed E-state index contributed by atoms with van der Waals surface area (Å²) in [7, 11) is 0. The SMILES string of the molecule is CCC[C@H](NC(=O)C1CN(C(=O)[C@H](NC(=O)[C@H](NC(=O)c2cnccn2)C2CCCCC2)C(C)(C)C)CC1C(C)C)C(=O)C(=O)NC1CC1. The number of amides is 5.